The Labute approximate surface area is 109 Å². The van der Waals surface area contributed by atoms with E-state index in [-0.39, 0.29) is 5.56 Å². The standard InChI is InChI=1S/C14H12N2O3/c1-8-3-4-9-11(7-16(2)12(9)5-8)13-10(14(17)18)6-15-19-13/h3-7H,1-2H3,(H,17,18). The van der Waals surface area contributed by atoms with Crippen molar-refractivity contribution in [3.8, 4) is 11.3 Å². The van der Waals surface area contributed by atoms with Crippen molar-refractivity contribution in [2.24, 2.45) is 7.05 Å². The third kappa shape index (κ3) is 1.71. The van der Waals surface area contributed by atoms with Crippen molar-refractivity contribution < 1.29 is 14.4 Å². The number of aromatic nitrogens is 2. The highest BCUT2D eigenvalue weighted by Crippen LogP contribution is 2.32. The van der Waals surface area contributed by atoms with Crippen LogP contribution in [0, 0.1) is 6.92 Å². The van der Waals surface area contributed by atoms with Crippen LogP contribution >= 0.6 is 0 Å². The first-order valence-electron chi connectivity index (χ1n) is 5.82. The number of fused-ring (bicyclic) bond motifs is 1. The third-order valence-electron chi connectivity index (χ3n) is 3.19. The van der Waals surface area contributed by atoms with Gasteiger partial charge in [-0.1, -0.05) is 17.3 Å². The van der Waals surface area contributed by atoms with E-state index in [4.69, 9.17) is 9.63 Å². The largest absolute Gasteiger partial charge is 0.477 e. The zero-order chi connectivity index (χ0) is 13.6. The molecule has 0 fully saturated rings. The molecule has 0 unspecified atom stereocenters. The molecule has 0 spiro atoms. The average molecular weight is 256 g/mol. The van der Waals surface area contributed by atoms with Gasteiger partial charge >= 0.3 is 5.97 Å². The molecule has 96 valence electrons. The lowest BCUT2D eigenvalue weighted by Gasteiger charge is -1.98. The molecule has 2 heterocycles. The minimum absolute atomic E-state index is 0.0769. The quantitative estimate of drug-likeness (QED) is 0.765. The highest BCUT2D eigenvalue weighted by Gasteiger charge is 2.20. The summed E-state index contributed by atoms with van der Waals surface area (Å²) in [6, 6.07) is 6.01. The predicted octanol–water partition coefficient (Wildman–Crippen LogP) is 2.84. The van der Waals surface area contributed by atoms with E-state index in [2.05, 4.69) is 11.2 Å². The molecule has 5 nitrogen and oxygen atoms in total. The number of nitrogens with zero attached hydrogens (tertiary/aromatic N) is 2. The third-order valence-corrected chi connectivity index (χ3v) is 3.19. The molecule has 1 N–H and O–H groups in total. The Kier molecular flexibility index (Phi) is 2.41. The number of carbonyl (C=O) groups is 1. The molecule has 0 radical (unpaired) electrons. The molecule has 0 bridgehead atoms. The van der Waals surface area contributed by atoms with E-state index in [0.29, 0.717) is 5.76 Å². The highest BCUT2D eigenvalue weighted by molar-refractivity contribution is 6.01. The molecule has 3 rings (SSSR count). The summed E-state index contributed by atoms with van der Waals surface area (Å²) in [6.45, 7) is 2.02. The van der Waals surface area contributed by atoms with E-state index >= 15 is 0 Å². The van der Waals surface area contributed by atoms with E-state index < -0.39 is 5.97 Å². The fraction of sp³-hybridized carbons (Fsp3) is 0.143. The van der Waals surface area contributed by atoms with E-state index in [1.165, 1.54) is 6.20 Å². The fourth-order valence-corrected chi connectivity index (χ4v) is 2.26. The Morgan fingerprint density at radius 2 is 2.21 bits per heavy atom. The van der Waals surface area contributed by atoms with Crippen LogP contribution in [0.1, 0.15) is 15.9 Å². The summed E-state index contributed by atoms with van der Waals surface area (Å²) >= 11 is 0. The minimum atomic E-state index is -1.04. The lowest BCUT2D eigenvalue weighted by Crippen LogP contribution is -1.95. The highest BCUT2D eigenvalue weighted by atomic mass is 16.5. The predicted molar refractivity (Wildman–Crippen MR) is 70.1 cm³/mol. The molecule has 5 heteroatoms. The molecule has 0 aliphatic carbocycles. The summed E-state index contributed by atoms with van der Waals surface area (Å²) in [4.78, 5) is 11.1. The number of carboxylic acids is 1. The van der Waals surface area contributed by atoms with E-state index in [9.17, 15) is 4.79 Å². The van der Waals surface area contributed by atoms with Gasteiger partial charge in [-0.15, -0.1) is 0 Å². The molecular formula is C14H12N2O3. The maximum Gasteiger partial charge on any atom is 0.341 e. The monoisotopic (exact) mass is 256 g/mol. The van der Waals surface area contributed by atoms with Crippen molar-refractivity contribution in [1.82, 2.24) is 9.72 Å². The van der Waals surface area contributed by atoms with Gasteiger partial charge in [-0.3, -0.25) is 0 Å². The van der Waals surface area contributed by atoms with Crippen molar-refractivity contribution >= 4 is 16.9 Å². The van der Waals surface area contributed by atoms with Crippen molar-refractivity contribution in [3.63, 3.8) is 0 Å². The van der Waals surface area contributed by atoms with Crippen molar-refractivity contribution in [1.29, 1.82) is 0 Å². The number of hydrogen-bond donors (Lipinski definition) is 1. The molecule has 0 saturated heterocycles. The van der Waals surface area contributed by atoms with Crippen LogP contribution in [0.2, 0.25) is 0 Å². The second kappa shape index (κ2) is 3.98. The van der Waals surface area contributed by atoms with Crippen LogP contribution in [0.5, 0.6) is 0 Å². The van der Waals surface area contributed by atoms with Crippen molar-refractivity contribution in [2.45, 2.75) is 6.92 Å². The molecular weight excluding hydrogens is 244 g/mol. The Morgan fingerprint density at radius 1 is 1.42 bits per heavy atom. The smallest absolute Gasteiger partial charge is 0.341 e. The molecule has 0 aliphatic rings. The number of aryl methyl sites for hydroxylation is 2. The van der Waals surface area contributed by atoms with Gasteiger partial charge in [0.05, 0.1) is 6.20 Å². The maximum atomic E-state index is 11.1. The van der Waals surface area contributed by atoms with Crippen LogP contribution in [0.15, 0.2) is 35.1 Å². The number of hydrogen-bond acceptors (Lipinski definition) is 3. The Morgan fingerprint density at radius 3 is 2.95 bits per heavy atom. The summed E-state index contributed by atoms with van der Waals surface area (Å²) in [5.74, 6) is -0.748. The summed E-state index contributed by atoms with van der Waals surface area (Å²) in [7, 11) is 1.92. The molecule has 3 aromatic rings. The number of aromatic carboxylic acids is 1. The molecule has 2 aromatic heterocycles. The molecule has 0 atom stereocenters. The lowest BCUT2D eigenvalue weighted by molar-refractivity contribution is 0.0697. The first kappa shape index (κ1) is 11.5. The average Bonchev–Trinajstić information content (AvgIpc) is 2.94. The van der Waals surface area contributed by atoms with Gasteiger partial charge in [0.1, 0.15) is 5.56 Å². The van der Waals surface area contributed by atoms with E-state index in [1.807, 2.05) is 36.9 Å². The second-order valence-corrected chi connectivity index (χ2v) is 4.55. The minimum Gasteiger partial charge on any atom is -0.477 e. The Bertz CT molecular complexity index is 783. The molecule has 19 heavy (non-hydrogen) atoms. The van der Waals surface area contributed by atoms with Crippen LogP contribution in [0.25, 0.3) is 22.2 Å². The van der Waals surface area contributed by atoms with Gasteiger partial charge < -0.3 is 14.2 Å². The zero-order valence-corrected chi connectivity index (χ0v) is 10.5. The first-order valence-corrected chi connectivity index (χ1v) is 5.82. The van der Waals surface area contributed by atoms with Gasteiger partial charge in [0, 0.05) is 29.7 Å². The maximum absolute atomic E-state index is 11.1. The van der Waals surface area contributed by atoms with E-state index in [1.54, 1.807) is 0 Å². The lowest BCUT2D eigenvalue weighted by atomic mass is 10.1. The van der Waals surface area contributed by atoms with Gasteiger partial charge in [0.2, 0.25) is 0 Å². The van der Waals surface area contributed by atoms with Crippen molar-refractivity contribution in [3.05, 3.63) is 41.7 Å². The van der Waals surface area contributed by atoms with Crippen LogP contribution < -0.4 is 0 Å². The van der Waals surface area contributed by atoms with Crippen LogP contribution in [-0.2, 0) is 7.05 Å². The molecule has 0 aliphatic heterocycles. The van der Waals surface area contributed by atoms with E-state index in [0.717, 1.165) is 22.0 Å². The summed E-state index contributed by atoms with van der Waals surface area (Å²) < 4.78 is 7.07. The Hall–Kier alpha value is -2.56. The van der Waals surface area contributed by atoms with Gasteiger partial charge in [-0.2, -0.15) is 0 Å². The van der Waals surface area contributed by atoms with Gasteiger partial charge in [0.25, 0.3) is 0 Å². The number of benzene rings is 1. The Balaban J connectivity index is 2.31. The van der Waals surface area contributed by atoms with Gasteiger partial charge in [-0.05, 0) is 18.6 Å². The van der Waals surface area contributed by atoms with Crippen LogP contribution in [-0.4, -0.2) is 20.8 Å². The SMILES string of the molecule is Cc1ccc2c(-c3oncc3C(=O)O)cn(C)c2c1. The second-order valence-electron chi connectivity index (χ2n) is 4.55. The summed E-state index contributed by atoms with van der Waals surface area (Å²) in [6.07, 6.45) is 3.09. The number of carboxylic acid groups (broad SMARTS) is 1. The van der Waals surface area contributed by atoms with Crippen molar-refractivity contribution in [2.75, 3.05) is 0 Å². The van der Waals surface area contributed by atoms with Crippen LogP contribution in [0.3, 0.4) is 0 Å². The number of rotatable bonds is 2. The fourth-order valence-electron chi connectivity index (χ4n) is 2.26. The summed E-state index contributed by atoms with van der Waals surface area (Å²) in [5.41, 5.74) is 3.00. The van der Waals surface area contributed by atoms with Gasteiger partial charge in [-0.25, -0.2) is 4.79 Å². The first-order chi connectivity index (χ1) is 9.08. The van der Waals surface area contributed by atoms with Crippen LogP contribution in [0.4, 0.5) is 0 Å². The summed E-state index contributed by atoms with van der Waals surface area (Å²) in [5, 5.41) is 13.7. The topological polar surface area (TPSA) is 68.3 Å². The zero-order valence-electron chi connectivity index (χ0n) is 10.5. The molecule has 0 saturated carbocycles. The molecule has 1 aromatic carbocycles. The van der Waals surface area contributed by atoms with Gasteiger partial charge in [0.15, 0.2) is 5.76 Å². The molecule has 0 amide bonds. The normalized spacial score (nSPS) is 11.1.